The summed E-state index contributed by atoms with van der Waals surface area (Å²) in [6.45, 7) is 1.94. The van der Waals surface area contributed by atoms with Crippen LogP contribution in [0.4, 0.5) is 0 Å². The minimum absolute atomic E-state index is 0.108. The maximum absolute atomic E-state index is 13.1. The van der Waals surface area contributed by atoms with Gasteiger partial charge in [-0.15, -0.1) is 0 Å². The number of allylic oxidation sites excluding steroid dienone is 1. The smallest absolute Gasteiger partial charge is 0.282 e. The molecule has 4 rings (SSSR count). The van der Waals surface area contributed by atoms with E-state index in [2.05, 4.69) is 5.10 Å². The van der Waals surface area contributed by atoms with Crippen LogP contribution >= 0.6 is 0 Å². The molecule has 2 heterocycles. The Hall–Kier alpha value is -2.95. The Balaban J connectivity index is 1.78. The van der Waals surface area contributed by atoms with Gasteiger partial charge in [0.05, 0.1) is 23.4 Å². The molecule has 5 heteroatoms. The SMILES string of the molecule is C/C(C=Nn1c(C2CCCCC2)nc2ccccc2c1=O)=C\c1ccco1. The molecule has 1 aromatic carbocycles. The van der Waals surface area contributed by atoms with Crippen molar-refractivity contribution in [1.29, 1.82) is 0 Å². The second-order valence-corrected chi connectivity index (χ2v) is 7.09. The van der Waals surface area contributed by atoms with Gasteiger partial charge >= 0.3 is 0 Å². The third kappa shape index (κ3) is 3.77. The summed E-state index contributed by atoms with van der Waals surface area (Å²) in [5.74, 6) is 1.82. The molecule has 1 saturated carbocycles. The number of rotatable bonds is 4. The lowest BCUT2D eigenvalue weighted by molar-refractivity contribution is 0.416. The van der Waals surface area contributed by atoms with Crippen molar-refractivity contribution in [2.75, 3.05) is 0 Å². The molecule has 1 fully saturated rings. The van der Waals surface area contributed by atoms with Crippen molar-refractivity contribution in [2.24, 2.45) is 5.10 Å². The van der Waals surface area contributed by atoms with Gasteiger partial charge < -0.3 is 4.42 Å². The van der Waals surface area contributed by atoms with Crippen LogP contribution in [0.15, 0.2) is 62.5 Å². The highest BCUT2D eigenvalue weighted by Crippen LogP contribution is 2.31. The number of benzene rings is 1. The summed E-state index contributed by atoms with van der Waals surface area (Å²) >= 11 is 0. The molecule has 0 aliphatic heterocycles. The van der Waals surface area contributed by atoms with Gasteiger partial charge in [-0.05, 0) is 55.7 Å². The quantitative estimate of drug-likeness (QED) is 0.616. The van der Waals surface area contributed by atoms with E-state index in [9.17, 15) is 4.79 Å². The van der Waals surface area contributed by atoms with Crippen LogP contribution in [0.1, 0.15) is 56.5 Å². The van der Waals surface area contributed by atoms with Crippen LogP contribution < -0.4 is 5.56 Å². The van der Waals surface area contributed by atoms with Crippen LogP contribution in [0.2, 0.25) is 0 Å². The van der Waals surface area contributed by atoms with Crippen molar-refractivity contribution in [2.45, 2.75) is 44.9 Å². The Morgan fingerprint density at radius 1 is 1.19 bits per heavy atom. The maximum atomic E-state index is 13.1. The monoisotopic (exact) mass is 361 g/mol. The van der Waals surface area contributed by atoms with Crippen molar-refractivity contribution < 1.29 is 4.42 Å². The van der Waals surface area contributed by atoms with E-state index >= 15 is 0 Å². The highest BCUT2D eigenvalue weighted by atomic mass is 16.3. The second-order valence-electron chi connectivity index (χ2n) is 7.09. The summed E-state index contributed by atoms with van der Waals surface area (Å²) in [4.78, 5) is 17.9. The first-order valence-corrected chi connectivity index (χ1v) is 9.50. The Labute approximate surface area is 158 Å². The van der Waals surface area contributed by atoms with Crippen molar-refractivity contribution >= 4 is 23.2 Å². The van der Waals surface area contributed by atoms with Gasteiger partial charge in [0, 0.05) is 5.92 Å². The number of nitrogens with zero attached hydrogens (tertiary/aromatic N) is 3. The number of para-hydroxylation sites is 1. The lowest BCUT2D eigenvalue weighted by Crippen LogP contribution is -2.25. The fraction of sp³-hybridized carbons (Fsp3) is 0.318. The number of hydrogen-bond acceptors (Lipinski definition) is 4. The number of hydrogen-bond donors (Lipinski definition) is 0. The fourth-order valence-electron chi connectivity index (χ4n) is 3.66. The molecule has 0 radical (unpaired) electrons. The average molecular weight is 361 g/mol. The normalized spacial score (nSPS) is 16.4. The third-order valence-corrected chi connectivity index (χ3v) is 5.04. The highest BCUT2D eigenvalue weighted by molar-refractivity contribution is 5.84. The molecule has 27 heavy (non-hydrogen) atoms. The standard InChI is InChI=1S/C22H23N3O2/c1-16(14-18-10-7-13-27-18)15-23-25-21(17-8-3-2-4-9-17)24-20-12-6-5-11-19(20)22(25)26/h5-7,10-15,17H,2-4,8-9H2,1H3/b16-14+,23-15?. The van der Waals surface area contributed by atoms with Gasteiger partial charge in [-0.3, -0.25) is 4.79 Å². The first-order chi connectivity index (χ1) is 13.2. The lowest BCUT2D eigenvalue weighted by Gasteiger charge is -2.22. The van der Waals surface area contributed by atoms with Gasteiger partial charge in [-0.25, -0.2) is 4.98 Å². The van der Waals surface area contributed by atoms with Crippen molar-refractivity contribution in [3.63, 3.8) is 0 Å². The number of furan rings is 1. The van der Waals surface area contributed by atoms with Gasteiger partial charge in [0.15, 0.2) is 0 Å². The van der Waals surface area contributed by atoms with Crippen molar-refractivity contribution in [3.05, 3.63) is 70.2 Å². The van der Waals surface area contributed by atoms with E-state index in [0.29, 0.717) is 5.39 Å². The van der Waals surface area contributed by atoms with E-state index in [1.807, 2.05) is 49.4 Å². The third-order valence-electron chi connectivity index (χ3n) is 5.04. The fourth-order valence-corrected chi connectivity index (χ4v) is 3.66. The van der Waals surface area contributed by atoms with Crippen LogP contribution in [0.5, 0.6) is 0 Å². The van der Waals surface area contributed by atoms with Crippen molar-refractivity contribution in [3.8, 4) is 0 Å². The molecule has 138 valence electrons. The summed E-state index contributed by atoms with van der Waals surface area (Å²) < 4.78 is 6.84. The van der Waals surface area contributed by atoms with Crippen LogP contribution in [0.3, 0.4) is 0 Å². The summed E-state index contributed by atoms with van der Waals surface area (Å²) in [5.41, 5.74) is 1.54. The Bertz CT molecular complexity index is 1040. The minimum Gasteiger partial charge on any atom is -0.465 e. The second kappa shape index (κ2) is 7.74. The molecule has 5 nitrogen and oxygen atoms in total. The molecule has 0 bridgehead atoms. The highest BCUT2D eigenvalue weighted by Gasteiger charge is 2.22. The summed E-state index contributed by atoms with van der Waals surface area (Å²) in [6.07, 6.45) is 10.9. The molecule has 0 saturated heterocycles. The summed E-state index contributed by atoms with van der Waals surface area (Å²) in [6, 6.07) is 11.2. The van der Waals surface area contributed by atoms with Crippen LogP contribution in [0, 0.1) is 0 Å². The molecule has 0 unspecified atom stereocenters. The van der Waals surface area contributed by atoms with Crippen molar-refractivity contribution in [1.82, 2.24) is 9.66 Å². The molecule has 3 aromatic rings. The van der Waals surface area contributed by atoms with E-state index < -0.39 is 0 Å². The number of aromatic nitrogens is 2. The average Bonchev–Trinajstić information content (AvgIpc) is 3.21. The van der Waals surface area contributed by atoms with Gasteiger partial charge in [0.1, 0.15) is 11.6 Å². The molecule has 1 aliphatic rings. The molecule has 0 spiro atoms. The molecule has 0 atom stereocenters. The van der Waals surface area contributed by atoms with Gasteiger partial charge in [-0.1, -0.05) is 31.4 Å². The topological polar surface area (TPSA) is 60.4 Å². The predicted octanol–water partition coefficient (Wildman–Crippen LogP) is 4.97. The van der Waals surface area contributed by atoms with E-state index in [0.717, 1.165) is 35.5 Å². The zero-order valence-electron chi connectivity index (χ0n) is 15.5. The first-order valence-electron chi connectivity index (χ1n) is 9.50. The Kier molecular flexibility index (Phi) is 5.01. The molecule has 0 amide bonds. The number of fused-ring (bicyclic) bond motifs is 1. The molecule has 2 aromatic heterocycles. The molecular weight excluding hydrogens is 338 g/mol. The van der Waals surface area contributed by atoms with Gasteiger partial charge in [0.2, 0.25) is 0 Å². The van der Waals surface area contributed by atoms with Crippen LogP contribution in [0.25, 0.3) is 17.0 Å². The van der Waals surface area contributed by atoms with Gasteiger partial charge in [-0.2, -0.15) is 9.78 Å². The Morgan fingerprint density at radius 2 is 2.00 bits per heavy atom. The van der Waals surface area contributed by atoms with Gasteiger partial charge in [0.25, 0.3) is 5.56 Å². The predicted molar refractivity (Wildman–Crippen MR) is 108 cm³/mol. The van der Waals surface area contributed by atoms with Crippen LogP contribution in [-0.2, 0) is 0 Å². The summed E-state index contributed by atoms with van der Waals surface area (Å²) in [7, 11) is 0. The van der Waals surface area contributed by atoms with Crippen LogP contribution in [-0.4, -0.2) is 15.9 Å². The van der Waals surface area contributed by atoms with E-state index in [1.165, 1.54) is 23.9 Å². The zero-order valence-corrected chi connectivity index (χ0v) is 15.5. The zero-order chi connectivity index (χ0) is 18.6. The Morgan fingerprint density at radius 3 is 2.78 bits per heavy atom. The lowest BCUT2D eigenvalue weighted by atomic mass is 9.88. The largest absolute Gasteiger partial charge is 0.465 e. The molecular formula is C22H23N3O2. The van der Waals surface area contributed by atoms with E-state index in [1.54, 1.807) is 12.5 Å². The minimum atomic E-state index is -0.108. The summed E-state index contributed by atoms with van der Waals surface area (Å²) in [5, 5.41) is 5.12. The molecule has 1 aliphatic carbocycles. The maximum Gasteiger partial charge on any atom is 0.282 e. The van der Waals surface area contributed by atoms with E-state index in [4.69, 9.17) is 9.40 Å². The molecule has 0 N–H and O–H groups in total. The van der Waals surface area contributed by atoms with E-state index in [-0.39, 0.29) is 11.5 Å². The first kappa shape index (κ1) is 17.5.